The molecule has 0 aliphatic carbocycles. The molecule has 2 aromatic rings. The second-order valence-corrected chi connectivity index (χ2v) is 13.5. The van der Waals surface area contributed by atoms with Crippen LogP contribution in [-0.4, -0.2) is 60.0 Å². The van der Waals surface area contributed by atoms with Gasteiger partial charge < -0.3 is 19.7 Å². The Hall–Kier alpha value is -3.26. The summed E-state index contributed by atoms with van der Waals surface area (Å²) in [5, 5.41) is 2.83. The molecular formula is C34H44N2O5S. The number of allylic oxidation sites excluding steroid dienone is 1. The van der Waals surface area contributed by atoms with Crippen LogP contribution in [0, 0.1) is 0 Å². The maximum absolute atomic E-state index is 14.2. The minimum atomic E-state index is -0.795. The number of fused-ring (bicyclic) bond motifs is 2. The summed E-state index contributed by atoms with van der Waals surface area (Å²) in [4.78, 5) is 41.8. The summed E-state index contributed by atoms with van der Waals surface area (Å²) >= 11 is 1.75. The molecule has 0 spiro atoms. The number of hydrogen-bond donors (Lipinski definition) is 1. The zero-order valence-electron chi connectivity index (χ0n) is 25.3. The third-order valence-corrected chi connectivity index (χ3v) is 9.27. The van der Waals surface area contributed by atoms with Crippen LogP contribution in [0.25, 0.3) is 11.1 Å². The number of methoxy groups -OCH3 is 1. The summed E-state index contributed by atoms with van der Waals surface area (Å²) in [5.41, 5.74) is 2.60. The van der Waals surface area contributed by atoms with E-state index in [9.17, 15) is 14.4 Å². The van der Waals surface area contributed by atoms with E-state index in [0.29, 0.717) is 19.4 Å². The largest absolute Gasteiger partial charge is 0.467 e. The second kappa shape index (κ2) is 14.3. The summed E-state index contributed by atoms with van der Waals surface area (Å²) in [6.45, 7) is 5.71. The van der Waals surface area contributed by atoms with E-state index >= 15 is 0 Å². The molecule has 2 aliphatic heterocycles. The summed E-state index contributed by atoms with van der Waals surface area (Å²) < 4.78 is 10.2. The second-order valence-electron chi connectivity index (χ2n) is 12.1. The number of nitrogens with zero attached hydrogens (tertiary/aromatic N) is 1. The van der Waals surface area contributed by atoms with Crippen LogP contribution in [0.4, 0.5) is 4.79 Å². The zero-order valence-corrected chi connectivity index (χ0v) is 26.1. The number of thioether (sulfide) groups is 1. The lowest BCUT2D eigenvalue weighted by Crippen LogP contribution is -2.52. The molecule has 0 aromatic heterocycles. The van der Waals surface area contributed by atoms with Crippen molar-refractivity contribution in [1.82, 2.24) is 10.2 Å². The molecule has 7 nitrogen and oxygen atoms in total. The topological polar surface area (TPSA) is 84.9 Å². The minimum absolute atomic E-state index is 0.273. The number of rotatable bonds is 4. The first kappa shape index (κ1) is 31.7. The summed E-state index contributed by atoms with van der Waals surface area (Å²) in [5.74, 6) is 0.0418. The van der Waals surface area contributed by atoms with Crippen molar-refractivity contribution < 1.29 is 23.9 Å². The molecule has 1 saturated heterocycles. The third-order valence-electron chi connectivity index (χ3n) is 7.82. The Morgan fingerprint density at radius 2 is 1.64 bits per heavy atom. The number of hydrogen-bond acceptors (Lipinski definition) is 6. The highest BCUT2D eigenvalue weighted by Crippen LogP contribution is 2.48. The Balaban J connectivity index is 1.70. The molecule has 2 bridgehead atoms. The van der Waals surface area contributed by atoms with Gasteiger partial charge in [0.2, 0.25) is 5.91 Å². The van der Waals surface area contributed by atoms with Crippen molar-refractivity contribution in [3.8, 4) is 11.1 Å². The van der Waals surface area contributed by atoms with Crippen LogP contribution in [0.3, 0.4) is 0 Å². The first-order valence-electron chi connectivity index (χ1n) is 14.9. The van der Waals surface area contributed by atoms with Crippen molar-refractivity contribution in [2.45, 2.75) is 88.1 Å². The standard InChI is InChI=1S/C34H44N2O5S/c1-33(2,3)41-32(39)35-28-17-13-8-6-5-7-9-14-22-42-34(23-29(31(38)40-4)36(24-34)30(28)37)27-20-18-26(19-21-27)25-15-11-10-12-16-25/h9-12,14-16,18-21,28-29H,5-8,13,17,22-24H2,1-4H3,(H,35,39)/b14-9+/t28-,29-,34-/m0/s1. The Morgan fingerprint density at radius 3 is 2.33 bits per heavy atom. The van der Waals surface area contributed by atoms with Crippen molar-refractivity contribution >= 4 is 29.7 Å². The highest BCUT2D eigenvalue weighted by atomic mass is 32.2. The number of benzene rings is 2. The van der Waals surface area contributed by atoms with E-state index in [1.165, 1.54) is 7.11 Å². The molecule has 3 atom stereocenters. The van der Waals surface area contributed by atoms with Gasteiger partial charge >= 0.3 is 12.1 Å². The predicted octanol–water partition coefficient (Wildman–Crippen LogP) is 6.86. The first-order chi connectivity index (χ1) is 20.1. The molecule has 0 unspecified atom stereocenters. The molecule has 2 amide bonds. The lowest BCUT2D eigenvalue weighted by atomic mass is 9.93. The molecule has 2 aliphatic rings. The Bertz CT molecular complexity index is 1240. The number of amides is 2. The number of carbonyl (C=O) groups is 3. The molecule has 1 N–H and O–H groups in total. The number of alkyl carbamates (subject to hydrolysis) is 1. The normalized spacial score (nSPS) is 24.7. The lowest BCUT2D eigenvalue weighted by molar-refractivity contribution is -0.151. The fraction of sp³-hybridized carbons (Fsp3) is 0.500. The van der Waals surface area contributed by atoms with Gasteiger partial charge in [-0.2, -0.15) is 0 Å². The first-order valence-corrected chi connectivity index (χ1v) is 15.9. The highest BCUT2D eigenvalue weighted by Gasteiger charge is 2.51. The zero-order chi connectivity index (χ0) is 30.2. The SMILES string of the molecule is COC(=O)[C@@H]1C[C@@]2(c3ccc(-c4ccccc4)cc3)CN1C(=O)[C@@H](NC(=O)OC(C)(C)C)CCCCCC/C=C/CS2. The van der Waals surface area contributed by atoms with E-state index in [2.05, 4.69) is 53.9 Å². The van der Waals surface area contributed by atoms with Crippen molar-refractivity contribution in [2.24, 2.45) is 0 Å². The smallest absolute Gasteiger partial charge is 0.408 e. The van der Waals surface area contributed by atoms with Gasteiger partial charge in [-0.15, -0.1) is 11.8 Å². The van der Waals surface area contributed by atoms with Crippen LogP contribution >= 0.6 is 11.8 Å². The van der Waals surface area contributed by atoms with E-state index < -0.39 is 34.5 Å². The molecule has 42 heavy (non-hydrogen) atoms. The van der Waals surface area contributed by atoms with Crippen LogP contribution < -0.4 is 5.32 Å². The number of esters is 1. The summed E-state index contributed by atoms with van der Waals surface area (Å²) in [6, 6.07) is 17.1. The Morgan fingerprint density at radius 1 is 0.952 bits per heavy atom. The molecule has 0 radical (unpaired) electrons. The van der Waals surface area contributed by atoms with E-state index in [4.69, 9.17) is 9.47 Å². The molecule has 226 valence electrons. The van der Waals surface area contributed by atoms with Crippen LogP contribution in [-0.2, 0) is 23.8 Å². The van der Waals surface area contributed by atoms with Gasteiger partial charge in [-0.3, -0.25) is 4.79 Å². The predicted molar refractivity (Wildman–Crippen MR) is 168 cm³/mol. The molecule has 4 rings (SSSR count). The van der Waals surface area contributed by atoms with Gasteiger partial charge in [-0.25, -0.2) is 9.59 Å². The third kappa shape index (κ3) is 8.18. The van der Waals surface area contributed by atoms with E-state index in [-0.39, 0.29) is 5.91 Å². The molecular weight excluding hydrogens is 548 g/mol. The minimum Gasteiger partial charge on any atom is -0.467 e. The average molecular weight is 593 g/mol. The Kier molecular flexibility index (Phi) is 10.8. The summed E-state index contributed by atoms with van der Waals surface area (Å²) in [7, 11) is 1.36. The maximum atomic E-state index is 14.2. The number of nitrogens with one attached hydrogen (secondary N) is 1. The Labute approximate surface area is 254 Å². The van der Waals surface area contributed by atoms with Crippen LogP contribution in [0.15, 0.2) is 66.7 Å². The van der Waals surface area contributed by atoms with Gasteiger partial charge in [0.25, 0.3) is 0 Å². The van der Waals surface area contributed by atoms with Crippen molar-refractivity contribution in [1.29, 1.82) is 0 Å². The number of ether oxygens (including phenoxy) is 2. The fourth-order valence-corrected chi connectivity index (χ4v) is 7.07. The van der Waals surface area contributed by atoms with Crippen LogP contribution in [0.1, 0.15) is 71.3 Å². The van der Waals surface area contributed by atoms with Crippen LogP contribution in [0.2, 0.25) is 0 Å². The van der Waals surface area contributed by atoms with E-state index in [1.54, 1.807) is 37.4 Å². The molecule has 8 heteroatoms. The van der Waals surface area contributed by atoms with E-state index in [0.717, 1.165) is 54.5 Å². The average Bonchev–Trinajstić information content (AvgIpc) is 3.36. The van der Waals surface area contributed by atoms with Gasteiger partial charge in [0.05, 0.1) is 11.9 Å². The highest BCUT2D eigenvalue weighted by molar-refractivity contribution is 8.00. The van der Waals surface area contributed by atoms with Gasteiger partial charge in [-0.1, -0.05) is 86.0 Å². The monoisotopic (exact) mass is 592 g/mol. The lowest BCUT2D eigenvalue weighted by Gasteiger charge is -2.31. The molecule has 2 aromatic carbocycles. The van der Waals surface area contributed by atoms with Gasteiger partial charge in [-0.05, 0) is 63.1 Å². The van der Waals surface area contributed by atoms with Crippen molar-refractivity contribution in [2.75, 3.05) is 19.4 Å². The van der Waals surface area contributed by atoms with Gasteiger partial charge in [0, 0.05) is 12.3 Å². The van der Waals surface area contributed by atoms with Gasteiger partial charge in [0.15, 0.2) is 0 Å². The summed E-state index contributed by atoms with van der Waals surface area (Å²) in [6.07, 6.45) is 9.60. The molecule has 0 saturated carbocycles. The van der Waals surface area contributed by atoms with Gasteiger partial charge in [0.1, 0.15) is 17.7 Å². The van der Waals surface area contributed by atoms with E-state index in [1.807, 2.05) is 18.2 Å². The number of carbonyl (C=O) groups excluding carboxylic acids is 3. The quantitative estimate of drug-likeness (QED) is 0.308. The van der Waals surface area contributed by atoms with Crippen molar-refractivity contribution in [3.05, 3.63) is 72.3 Å². The maximum Gasteiger partial charge on any atom is 0.408 e. The fourth-order valence-electron chi connectivity index (χ4n) is 5.71. The molecule has 1 fully saturated rings. The molecule has 2 heterocycles. The van der Waals surface area contributed by atoms with Crippen LogP contribution in [0.5, 0.6) is 0 Å². The van der Waals surface area contributed by atoms with Crippen molar-refractivity contribution in [3.63, 3.8) is 0 Å².